The summed E-state index contributed by atoms with van der Waals surface area (Å²) in [5, 5.41) is 2.38. The van der Waals surface area contributed by atoms with Crippen molar-refractivity contribution in [1.82, 2.24) is 15.0 Å². The maximum atomic E-state index is 5.63. The summed E-state index contributed by atoms with van der Waals surface area (Å²) in [6, 6.07) is 3.67. The molecule has 0 spiro atoms. The summed E-state index contributed by atoms with van der Waals surface area (Å²) < 4.78 is 10.5. The number of benzene rings is 1. The van der Waals surface area contributed by atoms with Crippen LogP contribution in [0.1, 0.15) is 0 Å². The number of fused-ring (bicyclic) bond motifs is 1. The number of rotatable bonds is 3. The van der Waals surface area contributed by atoms with Crippen LogP contribution in [0.3, 0.4) is 0 Å². The van der Waals surface area contributed by atoms with Gasteiger partial charge >= 0.3 is 0 Å². The van der Waals surface area contributed by atoms with E-state index in [1.54, 1.807) is 14.2 Å². The normalized spacial score (nSPS) is 10.8. The average Bonchev–Trinajstić information content (AvgIpc) is 3.02. The molecule has 1 aromatic carbocycles. The van der Waals surface area contributed by atoms with E-state index in [1.165, 1.54) is 11.3 Å². The number of nitrogen functional groups attached to an aromatic ring is 1. The molecular weight excluding hydrogens is 264 g/mol. The standard InChI is InChI=1S/C12H12N4O2S/c1-17-9-3-6-7(4-10(9)18-2)15-11(14-6)8-5-19-12(13)16-8/h3-5H,1-2H3,(H2,13,16)(H,14,15). The molecule has 19 heavy (non-hydrogen) atoms. The average molecular weight is 276 g/mol. The molecule has 0 aliphatic rings. The maximum absolute atomic E-state index is 5.63. The molecule has 7 heteroatoms. The highest BCUT2D eigenvalue weighted by atomic mass is 32.1. The number of nitrogens with zero attached hydrogens (tertiary/aromatic N) is 2. The van der Waals surface area contributed by atoms with E-state index in [4.69, 9.17) is 15.2 Å². The third-order valence-electron chi connectivity index (χ3n) is 2.75. The van der Waals surface area contributed by atoms with Crippen molar-refractivity contribution in [3.05, 3.63) is 17.5 Å². The lowest BCUT2D eigenvalue weighted by atomic mass is 10.3. The van der Waals surface area contributed by atoms with Gasteiger partial charge in [-0.1, -0.05) is 0 Å². The number of H-pyrrole nitrogens is 1. The molecule has 0 atom stereocenters. The van der Waals surface area contributed by atoms with Crippen molar-refractivity contribution in [3.63, 3.8) is 0 Å². The second kappa shape index (κ2) is 4.43. The van der Waals surface area contributed by atoms with Crippen LogP contribution in [0.25, 0.3) is 22.6 Å². The molecule has 2 aromatic heterocycles. The van der Waals surface area contributed by atoms with Gasteiger partial charge in [-0.3, -0.25) is 0 Å². The van der Waals surface area contributed by atoms with Crippen LogP contribution in [0, 0.1) is 0 Å². The Bertz CT molecular complexity index is 693. The van der Waals surface area contributed by atoms with E-state index in [-0.39, 0.29) is 0 Å². The number of imidazole rings is 1. The second-order valence-electron chi connectivity index (χ2n) is 3.88. The van der Waals surface area contributed by atoms with E-state index < -0.39 is 0 Å². The first-order chi connectivity index (χ1) is 9.21. The van der Waals surface area contributed by atoms with E-state index >= 15 is 0 Å². The molecule has 0 bridgehead atoms. The fourth-order valence-electron chi connectivity index (χ4n) is 1.85. The van der Waals surface area contributed by atoms with Crippen LogP contribution >= 0.6 is 11.3 Å². The van der Waals surface area contributed by atoms with Crippen molar-refractivity contribution < 1.29 is 9.47 Å². The molecule has 0 radical (unpaired) electrons. The van der Waals surface area contributed by atoms with E-state index in [0.717, 1.165) is 16.7 Å². The molecule has 98 valence electrons. The van der Waals surface area contributed by atoms with Crippen molar-refractivity contribution in [3.8, 4) is 23.0 Å². The number of nitrogens with two attached hydrogens (primary N) is 1. The van der Waals surface area contributed by atoms with Gasteiger partial charge in [0.15, 0.2) is 22.5 Å². The number of ether oxygens (including phenoxy) is 2. The summed E-state index contributed by atoms with van der Waals surface area (Å²) >= 11 is 1.38. The molecule has 3 aromatic rings. The van der Waals surface area contributed by atoms with Crippen LogP contribution in [-0.4, -0.2) is 29.2 Å². The Balaban J connectivity index is 2.15. The first kappa shape index (κ1) is 11.8. The summed E-state index contributed by atoms with van der Waals surface area (Å²) in [7, 11) is 3.19. The SMILES string of the molecule is COc1cc2nc(-c3csc(N)n3)[nH]c2cc1OC. The third kappa shape index (κ3) is 1.97. The fourth-order valence-corrected chi connectivity index (χ4v) is 2.40. The minimum Gasteiger partial charge on any atom is -0.493 e. The summed E-state index contributed by atoms with van der Waals surface area (Å²) in [5.74, 6) is 1.98. The molecule has 3 N–H and O–H groups in total. The summed E-state index contributed by atoms with van der Waals surface area (Å²) in [6.45, 7) is 0. The zero-order valence-electron chi connectivity index (χ0n) is 10.4. The van der Waals surface area contributed by atoms with E-state index in [0.29, 0.717) is 22.5 Å². The van der Waals surface area contributed by atoms with Crippen molar-refractivity contribution in [1.29, 1.82) is 0 Å². The maximum Gasteiger partial charge on any atom is 0.180 e. The fraction of sp³-hybridized carbons (Fsp3) is 0.167. The molecule has 0 aliphatic carbocycles. The predicted octanol–water partition coefficient (Wildman–Crippen LogP) is 2.29. The Morgan fingerprint density at radius 3 is 2.53 bits per heavy atom. The number of methoxy groups -OCH3 is 2. The largest absolute Gasteiger partial charge is 0.493 e. The van der Waals surface area contributed by atoms with Crippen molar-refractivity contribution in [2.75, 3.05) is 20.0 Å². The molecule has 0 saturated heterocycles. The van der Waals surface area contributed by atoms with Gasteiger partial charge in [-0.2, -0.15) is 0 Å². The lowest BCUT2D eigenvalue weighted by Crippen LogP contribution is -1.89. The lowest BCUT2D eigenvalue weighted by Gasteiger charge is -2.06. The summed E-state index contributed by atoms with van der Waals surface area (Å²) in [4.78, 5) is 11.9. The number of aromatic amines is 1. The predicted molar refractivity (Wildman–Crippen MR) is 74.7 cm³/mol. The van der Waals surface area contributed by atoms with Crippen LogP contribution in [0.4, 0.5) is 5.13 Å². The molecule has 3 rings (SSSR count). The molecule has 0 saturated carbocycles. The number of thiazole rings is 1. The summed E-state index contributed by atoms with van der Waals surface area (Å²) in [6.07, 6.45) is 0. The van der Waals surface area contributed by atoms with Crippen LogP contribution in [-0.2, 0) is 0 Å². The minimum absolute atomic E-state index is 0.519. The first-order valence-electron chi connectivity index (χ1n) is 5.54. The van der Waals surface area contributed by atoms with Crippen molar-refractivity contribution in [2.45, 2.75) is 0 Å². The van der Waals surface area contributed by atoms with Gasteiger partial charge in [-0.25, -0.2) is 9.97 Å². The van der Waals surface area contributed by atoms with Crippen LogP contribution in [0.2, 0.25) is 0 Å². The number of hydrogen-bond acceptors (Lipinski definition) is 6. The Kier molecular flexibility index (Phi) is 2.75. The molecule has 0 unspecified atom stereocenters. The van der Waals surface area contributed by atoms with E-state index in [1.807, 2.05) is 17.5 Å². The van der Waals surface area contributed by atoms with Gasteiger partial charge in [0.1, 0.15) is 5.69 Å². The van der Waals surface area contributed by atoms with Gasteiger partial charge in [0.05, 0.1) is 25.3 Å². The molecule has 0 fully saturated rings. The minimum atomic E-state index is 0.519. The van der Waals surface area contributed by atoms with Crippen LogP contribution in [0.15, 0.2) is 17.5 Å². The Labute approximate surface area is 113 Å². The van der Waals surface area contributed by atoms with E-state index in [2.05, 4.69) is 15.0 Å². The number of anilines is 1. The molecule has 0 aliphatic heterocycles. The molecule has 0 amide bonds. The van der Waals surface area contributed by atoms with Crippen molar-refractivity contribution >= 4 is 27.5 Å². The first-order valence-corrected chi connectivity index (χ1v) is 6.42. The Morgan fingerprint density at radius 1 is 1.16 bits per heavy atom. The highest BCUT2D eigenvalue weighted by Crippen LogP contribution is 2.32. The number of hydrogen-bond donors (Lipinski definition) is 2. The number of aromatic nitrogens is 3. The second-order valence-corrected chi connectivity index (χ2v) is 4.77. The zero-order valence-corrected chi connectivity index (χ0v) is 11.2. The number of nitrogens with one attached hydrogen (secondary N) is 1. The molecule has 2 heterocycles. The lowest BCUT2D eigenvalue weighted by molar-refractivity contribution is 0.356. The van der Waals surface area contributed by atoms with Gasteiger partial charge in [-0.05, 0) is 0 Å². The monoisotopic (exact) mass is 276 g/mol. The van der Waals surface area contributed by atoms with Crippen molar-refractivity contribution in [2.24, 2.45) is 0 Å². The Hall–Kier alpha value is -2.28. The van der Waals surface area contributed by atoms with Gasteiger partial charge in [0.25, 0.3) is 0 Å². The Morgan fingerprint density at radius 2 is 1.89 bits per heavy atom. The highest BCUT2D eigenvalue weighted by Gasteiger charge is 2.12. The zero-order chi connectivity index (χ0) is 13.4. The van der Waals surface area contributed by atoms with Crippen LogP contribution < -0.4 is 15.2 Å². The quantitative estimate of drug-likeness (QED) is 0.766. The smallest absolute Gasteiger partial charge is 0.180 e. The molecular formula is C12H12N4O2S. The van der Waals surface area contributed by atoms with Gasteiger partial charge < -0.3 is 20.2 Å². The third-order valence-corrected chi connectivity index (χ3v) is 3.43. The topological polar surface area (TPSA) is 86.0 Å². The van der Waals surface area contributed by atoms with Gasteiger partial charge in [0, 0.05) is 17.5 Å². The van der Waals surface area contributed by atoms with E-state index in [9.17, 15) is 0 Å². The molecule has 6 nitrogen and oxygen atoms in total. The van der Waals surface area contributed by atoms with Gasteiger partial charge in [-0.15, -0.1) is 11.3 Å². The highest BCUT2D eigenvalue weighted by molar-refractivity contribution is 7.13. The summed E-state index contributed by atoms with van der Waals surface area (Å²) in [5.41, 5.74) is 8.01. The van der Waals surface area contributed by atoms with Crippen LogP contribution in [0.5, 0.6) is 11.5 Å². The van der Waals surface area contributed by atoms with Gasteiger partial charge in [0.2, 0.25) is 0 Å².